The summed E-state index contributed by atoms with van der Waals surface area (Å²) in [5, 5.41) is 2.91. The Kier molecular flexibility index (Phi) is 5.76. The zero-order valence-corrected chi connectivity index (χ0v) is 13.2. The topological polar surface area (TPSA) is 75.4 Å². The minimum Gasteiger partial charge on any atom is -0.398 e. The molecule has 0 radical (unpaired) electrons. The van der Waals surface area contributed by atoms with E-state index in [1.54, 1.807) is 0 Å². The molecule has 1 aliphatic rings. The van der Waals surface area contributed by atoms with Crippen LogP contribution in [0.2, 0.25) is 0 Å². The molecule has 1 heterocycles. The molecule has 0 unspecified atom stereocenters. The summed E-state index contributed by atoms with van der Waals surface area (Å²) in [7, 11) is -0.639. The number of nitrogens with one attached hydrogen (secondary N) is 1. The van der Waals surface area contributed by atoms with E-state index in [0.29, 0.717) is 12.1 Å². The SMILES string of the molecule is Cc1c(N)cccc1NC(=O)CCCN1CCS(=O)CC1. The maximum Gasteiger partial charge on any atom is 0.224 e. The highest BCUT2D eigenvalue weighted by Crippen LogP contribution is 2.20. The van der Waals surface area contributed by atoms with Crippen molar-refractivity contribution in [3.8, 4) is 0 Å². The number of amides is 1. The first-order chi connectivity index (χ1) is 10.1. The van der Waals surface area contributed by atoms with Gasteiger partial charge in [-0.15, -0.1) is 0 Å². The first-order valence-electron chi connectivity index (χ1n) is 7.28. The van der Waals surface area contributed by atoms with Crippen LogP contribution in [0.15, 0.2) is 18.2 Å². The maximum absolute atomic E-state index is 12.0. The number of benzene rings is 1. The van der Waals surface area contributed by atoms with Gasteiger partial charge in [-0.05, 0) is 37.6 Å². The number of rotatable bonds is 5. The summed E-state index contributed by atoms with van der Waals surface area (Å²) in [5.41, 5.74) is 8.20. The Balaban J connectivity index is 1.72. The van der Waals surface area contributed by atoms with E-state index >= 15 is 0 Å². The molecular formula is C15H23N3O2S. The van der Waals surface area contributed by atoms with Gasteiger partial charge in [0.1, 0.15) is 0 Å². The molecule has 1 fully saturated rings. The standard InChI is InChI=1S/C15H23N3O2S/c1-12-13(16)4-2-5-14(12)17-15(19)6-3-7-18-8-10-21(20)11-9-18/h2,4-5H,3,6-11,16H2,1H3,(H,17,19). The number of hydrogen-bond donors (Lipinski definition) is 2. The van der Waals surface area contributed by atoms with Crippen LogP contribution in [0.1, 0.15) is 18.4 Å². The monoisotopic (exact) mass is 309 g/mol. The normalized spacial score (nSPS) is 16.8. The predicted molar refractivity (Wildman–Crippen MR) is 87.8 cm³/mol. The maximum atomic E-state index is 12.0. The highest BCUT2D eigenvalue weighted by atomic mass is 32.2. The molecule has 0 spiro atoms. The zero-order chi connectivity index (χ0) is 15.2. The Morgan fingerprint density at radius 1 is 1.38 bits per heavy atom. The van der Waals surface area contributed by atoms with Crippen LogP contribution in [-0.2, 0) is 15.6 Å². The average Bonchev–Trinajstić information content (AvgIpc) is 2.46. The summed E-state index contributed by atoms with van der Waals surface area (Å²) in [4.78, 5) is 14.2. The average molecular weight is 309 g/mol. The van der Waals surface area contributed by atoms with Gasteiger partial charge in [-0.25, -0.2) is 0 Å². The van der Waals surface area contributed by atoms with Gasteiger partial charge in [0.15, 0.2) is 0 Å². The summed E-state index contributed by atoms with van der Waals surface area (Å²) in [6.07, 6.45) is 1.31. The van der Waals surface area contributed by atoms with Gasteiger partial charge < -0.3 is 16.0 Å². The van der Waals surface area contributed by atoms with Crippen molar-refractivity contribution in [1.29, 1.82) is 0 Å². The molecule has 1 aromatic rings. The van der Waals surface area contributed by atoms with Crippen LogP contribution in [0.4, 0.5) is 11.4 Å². The number of hydrogen-bond acceptors (Lipinski definition) is 4. The van der Waals surface area contributed by atoms with Gasteiger partial charge in [-0.1, -0.05) is 6.07 Å². The van der Waals surface area contributed by atoms with Crippen LogP contribution in [0, 0.1) is 6.92 Å². The number of anilines is 2. The van der Waals surface area contributed by atoms with E-state index in [1.165, 1.54) is 0 Å². The van der Waals surface area contributed by atoms with E-state index in [0.717, 1.165) is 48.8 Å². The van der Waals surface area contributed by atoms with E-state index in [-0.39, 0.29) is 5.91 Å². The largest absolute Gasteiger partial charge is 0.398 e. The Hall–Kier alpha value is -1.40. The van der Waals surface area contributed by atoms with Gasteiger partial charge in [0.05, 0.1) is 0 Å². The third-order valence-electron chi connectivity index (χ3n) is 3.80. The number of nitrogens with zero attached hydrogens (tertiary/aromatic N) is 1. The van der Waals surface area contributed by atoms with Crippen LogP contribution >= 0.6 is 0 Å². The molecule has 1 saturated heterocycles. The summed E-state index contributed by atoms with van der Waals surface area (Å²) in [6, 6.07) is 5.53. The van der Waals surface area contributed by atoms with E-state index in [4.69, 9.17) is 5.73 Å². The van der Waals surface area contributed by atoms with Gasteiger partial charge in [0.2, 0.25) is 5.91 Å². The molecule has 21 heavy (non-hydrogen) atoms. The van der Waals surface area contributed by atoms with Crippen LogP contribution in [-0.4, -0.2) is 46.2 Å². The molecule has 116 valence electrons. The van der Waals surface area contributed by atoms with Gasteiger partial charge in [0, 0.05) is 53.2 Å². The molecule has 5 nitrogen and oxygen atoms in total. The molecule has 0 bridgehead atoms. The van der Waals surface area contributed by atoms with Crippen molar-refractivity contribution in [1.82, 2.24) is 4.90 Å². The molecule has 0 atom stereocenters. The van der Waals surface area contributed by atoms with Crippen LogP contribution in [0.3, 0.4) is 0 Å². The first-order valence-corrected chi connectivity index (χ1v) is 8.77. The lowest BCUT2D eigenvalue weighted by Crippen LogP contribution is -2.38. The lowest BCUT2D eigenvalue weighted by Gasteiger charge is -2.25. The number of carbonyl (C=O) groups is 1. The molecule has 0 aromatic heterocycles. The van der Waals surface area contributed by atoms with E-state index in [9.17, 15) is 9.00 Å². The van der Waals surface area contributed by atoms with Gasteiger partial charge >= 0.3 is 0 Å². The Bertz CT molecular complexity index is 524. The fourth-order valence-electron chi connectivity index (χ4n) is 2.36. The summed E-state index contributed by atoms with van der Waals surface area (Å²) in [5.74, 6) is 1.54. The zero-order valence-electron chi connectivity index (χ0n) is 12.4. The molecule has 1 aliphatic heterocycles. The van der Waals surface area contributed by atoms with Crippen molar-refractivity contribution in [2.45, 2.75) is 19.8 Å². The van der Waals surface area contributed by atoms with Crippen molar-refractivity contribution in [2.75, 3.05) is 42.2 Å². The molecule has 1 amide bonds. The highest BCUT2D eigenvalue weighted by molar-refractivity contribution is 7.85. The molecule has 6 heteroatoms. The third kappa shape index (κ3) is 4.82. The second kappa shape index (κ2) is 7.56. The number of nitrogens with two attached hydrogens (primary N) is 1. The fourth-order valence-corrected chi connectivity index (χ4v) is 3.49. The Morgan fingerprint density at radius 3 is 2.81 bits per heavy atom. The van der Waals surface area contributed by atoms with Crippen molar-refractivity contribution < 1.29 is 9.00 Å². The second-order valence-corrected chi connectivity index (χ2v) is 7.06. The fraction of sp³-hybridized carbons (Fsp3) is 0.533. The third-order valence-corrected chi connectivity index (χ3v) is 5.07. The van der Waals surface area contributed by atoms with Gasteiger partial charge in [-0.3, -0.25) is 9.00 Å². The molecule has 1 aromatic carbocycles. The molecule has 0 saturated carbocycles. The molecule has 3 N–H and O–H groups in total. The molecule has 0 aliphatic carbocycles. The van der Waals surface area contributed by atoms with Crippen molar-refractivity contribution in [3.63, 3.8) is 0 Å². The van der Waals surface area contributed by atoms with Crippen LogP contribution in [0.5, 0.6) is 0 Å². The Morgan fingerprint density at radius 2 is 2.10 bits per heavy atom. The number of nitrogen functional groups attached to an aromatic ring is 1. The predicted octanol–water partition coefficient (Wildman–Crippen LogP) is 1.36. The van der Waals surface area contributed by atoms with Crippen molar-refractivity contribution in [2.24, 2.45) is 0 Å². The summed E-state index contributed by atoms with van der Waals surface area (Å²) in [6.45, 7) is 4.55. The smallest absolute Gasteiger partial charge is 0.224 e. The molecule has 2 rings (SSSR count). The first kappa shape index (κ1) is 16.0. The van der Waals surface area contributed by atoms with Crippen LogP contribution < -0.4 is 11.1 Å². The van der Waals surface area contributed by atoms with Crippen molar-refractivity contribution in [3.05, 3.63) is 23.8 Å². The van der Waals surface area contributed by atoms with E-state index in [2.05, 4.69) is 10.2 Å². The highest BCUT2D eigenvalue weighted by Gasteiger charge is 2.15. The second-order valence-electron chi connectivity index (χ2n) is 5.36. The van der Waals surface area contributed by atoms with Crippen molar-refractivity contribution >= 4 is 28.1 Å². The molecular weight excluding hydrogens is 286 g/mol. The van der Waals surface area contributed by atoms with Crippen LogP contribution in [0.25, 0.3) is 0 Å². The number of carbonyl (C=O) groups excluding carboxylic acids is 1. The van der Waals surface area contributed by atoms with Gasteiger partial charge in [-0.2, -0.15) is 0 Å². The van der Waals surface area contributed by atoms with Gasteiger partial charge in [0.25, 0.3) is 0 Å². The van der Waals surface area contributed by atoms with E-state index in [1.807, 2.05) is 25.1 Å². The van der Waals surface area contributed by atoms with E-state index < -0.39 is 10.8 Å². The summed E-state index contributed by atoms with van der Waals surface area (Å²) < 4.78 is 11.3. The lowest BCUT2D eigenvalue weighted by atomic mass is 10.1. The Labute approximate surface area is 128 Å². The minimum absolute atomic E-state index is 0.0179. The lowest BCUT2D eigenvalue weighted by molar-refractivity contribution is -0.116. The quantitative estimate of drug-likeness (QED) is 0.805. The minimum atomic E-state index is -0.639. The summed E-state index contributed by atoms with van der Waals surface area (Å²) >= 11 is 0.